The second kappa shape index (κ2) is 9.07. The summed E-state index contributed by atoms with van der Waals surface area (Å²) in [5.41, 5.74) is 0.726. The molecule has 0 aromatic rings. The van der Waals surface area contributed by atoms with Gasteiger partial charge in [0.25, 0.3) is 0 Å². The number of ether oxygens (including phenoxy) is 1. The van der Waals surface area contributed by atoms with Crippen LogP contribution in [0.25, 0.3) is 0 Å². The van der Waals surface area contributed by atoms with Crippen LogP contribution < -0.4 is 0 Å². The van der Waals surface area contributed by atoms with Gasteiger partial charge in [0.15, 0.2) is 0 Å². The SMILES string of the molecule is C=C1C(=O)O[C@H]2CCCCC/C=C/CCCCCCC[C@H]12. The first-order valence-electron chi connectivity index (χ1n) is 8.84. The summed E-state index contributed by atoms with van der Waals surface area (Å²) in [6.07, 6.45) is 19.4. The molecule has 0 radical (unpaired) electrons. The molecule has 0 aromatic heterocycles. The minimum absolute atomic E-state index is 0.105. The van der Waals surface area contributed by atoms with E-state index in [0.717, 1.165) is 24.8 Å². The summed E-state index contributed by atoms with van der Waals surface area (Å²) in [5, 5.41) is 0. The van der Waals surface area contributed by atoms with Crippen molar-refractivity contribution in [3.8, 4) is 0 Å². The van der Waals surface area contributed by atoms with Gasteiger partial charge in [0, 0.05) is 11.5 Å². The number of carbonyl (C=O) groups is 1. The average Bonchev–Trinajstić information content (AvgIpc) is 2.73. The highest BCUT2D eigenvalue weighted by Crippen LogP contribution is 2.34. The van der Waals surface area contributed by atoms with Crippen LogP contribution in [0.1, 0.15) is 77.0 Å². The maximum Gasteiger partial charge on any atom is 0.334 e. The van der Waals surface area contributed by atoms with E-state index in [2.05, 4.69) is 18.7 Å². The van der Waals surface area contributed by atoms with Gasteiger partial charge in [0.05, 0.1) is 0 Å². The van der Waals surface area contributed by atoms with Crippen molar-refractivity contribution in [1.82, 2.24) is 0 Å². The number of hydrogen-bond acceptors (Lipinski definition) is 2. The fraction of sp³-hybridized carbons (Fsp3) is 0.737. The molecule has 21 heavy (non-hydrogen) atoms. The minimum atomic E-state index is -0.147. The van der Waals surface area contributed by atoms with E-state index in [1.54, 1.807) is 0 Å². The second-order valence-corrected chi connectivity index (χ2v) is 6.53. The van der Waals surface area contributed by atoms with Crippen LogP contribution >= 0.6 is 0 Å². The summed E-state index contributed by atoms with van der Waals surface area (Å²) in [5.74, 6) is 0.135. The number of rotatable bonds is 0. The monoisotopic (exact) mass is 290 g/mol. The lowest BCUT2D eigenvalue weighted by atomic mass is 9.88. The summed E-state index contributed by atoms with van der Waals surface area (Å²) in [6.45, 7) is 3.97. The van der Waals surface area contributed by atoms with Gasteiger partial charge >= 0.3 is 5.97 Å². The largest absolute Gasteiger partial charge is 0.458 e. The van der Waals surface area contributed by atoms with Crippen molar-refractivity contribution in [1.29, 1.82) is 0 Å². The molecule has 0 saturated carbocycles. The summed E-state index contributed by atoms with van der Waals surface area (Å²) in [4.78, 5) is 11.7. The Hall–Kier alpha value is -1.05. The summed E-state index contributed by atoms with van der Waals surface area (Å²) in [6, 6.07) is 0. The van der Waals surface area contributed by atoms with E-state index in [0.29, 0.717) is 0 Å². The lowest BCUT2D eigenvalue weighted by Crippen LogP contribution is -2.16. The van der Waals surface area contributed by atoms with Crippen molar-refractivity contribution in [2.24, 2.45) is 5.92 Å². The quantitative estimate of drug-likeness (QED) is 0.342. The lowest BCUT2D eigenvalue weighted by Gasteiger charge is -2.17. The van der Waals surface area contributed by atoms with E-state index in [1.807, 2.05) is 0 Å². The Kier molecular flexibility index (Phi) is 7.05. The van der Waals surface area contributed by atoms with E-state index in [1.165, 1.54) is 57.8 Å². The van der Waals surface area contributed by atoms with Crippen LogP contribution in [0, 0.1) is 5.92 Å². The number of esters is 1. The third-order valence-electron chi connectivity index (χ3n) is 4.83. The van der Waals surface area contributed by atoms with Gasteiger partial charge in [-0.1, -0.05) is 50.8 Å². The molecular formula is C19H30O2. The highest BCUT2D eigenvalue weighted by Gasteiger charge is 2.37. The van der Waals surface area contributed by atoms with Gasteiger partial charge in [-0.2, -0.15) is 0 Å². The van der Waals surface area contributed by atoms with Crippen LogP contribution in [-0.4, -0.2) is 12.1 Å². The van der Waals surface area contributed by atoms with Crippen LogP contribution in [0.3, 0.4) is 0 Å². The standard InChI is InChI=1S/C19H30O2/c1-16-17-14-12-10-8-6-4-2-3-5-7-9-11-13-15-18(17)21-19(16)20/h3,5,17-18H,1-2,4,6-15H2/b5-3+/t17-,18+/m1/s1. The first-order chi connectivity index (χ1) is 10.3. The van der Waals surface area contributed by atoms with Gasteiger partial charge in [0.1, 0.15) is 6.10 Å². The smallest absolute Gasteiger partial charge is 0.334 e. The topological polar surface area (TPSA) is 26.3 Å². The van der Waals surface area contributed by atoms with Crippen molar-refractivity contribution in [3.63, 3.8) is 0 Å². The molecule has 118 valence electrons. The van der Waals surface area contributed by atoms with E-state index in [-0.39, 0.29) is 18.0 Å². The molecule has 0 spiro atoms. The molecule has 1 saturated heterocycles. The summed E-state index contributed by atoms with van der Waals surface area (Å²) < 4.78 is 5.53. The van der Waals surface area contributed by atoms with Gasteiger partial charge < -0.3 is 4.74 Å². The molecule has 2 heteroatoms. The number of hydrogen-bond donors (Lipinski definition) is 0. The normalized spacial score (nSPS) is 31.4. The zero-order valence-electron chi connectivity index (χ0n) is 13.3. The van der Waals surface area contributed by atoms with Crippen LogP contribution in [-0.2, 0) is 9.53 Å². The van der Waals surface area contributed by atoms with Gasteiger partial charge in [-0.3, -0.25) is 0 Å². The van der Waals surface area contributed by atoms with Crippen molar-refractivity contribution >= 4 is 5.97 Å². The molecule has 1 aliphatic carbocycles. The molecule has 2 aliphatic rings. The second-order valence-electron chi connectivity index (χ2n) is 6.53. The number of allylic oxidation sites excluding steroid dienone is 2. The van der Waals surface area contributed by atoms with E-state index < -0.39 is 0 Å². The Morgan fingerprint density at radius 3 is 2.19 bits per heavy atom. The van der Waals surface area contributed by atoms with E-state index in [9.17, 15) is 4.79 Å². The minimum Gasteiger partial charge on any atom is -0.458 e. The Labute approximate surface area is 129 Å². The zero-order chi connectivity index (χ0) is 14.9. The molecule has 2 nitrogen and oxygen atoms in total. The highest BCUT2D eigenvalue weighted by atomic mass is 16.6. The molecule has 1 heterocycles. The summed E-state index contributed by atoms with van der Waals surface area (Å²) in [7, 11) is 0. The highest BCUT2D eigenvalue weighted by molar-refractivity contribution is 5.90. The van der Waals surface area contributed by atoms with Crippen LogP contribution in [0.5, 0.6) is 0 Å². The Balaban J connectivity index is 1.85. The fourth-order valence-corrected chi connectivity index (χ4v) is 3.47. The molecule has 1 fully saturated rings. The predicted octanol–water partition coefficient (Wildman–Crippen LogP) is 5.34. The van der Waals surface area contributed by atoms with E-state index in [4.69, 9.17) is 4.74 Å². The van der Waals surface area contributed by atoms with Crippen molar-refractivity contribution in [2.45, 2.75) is 83.2 Å². The first kappa shape index (κ1) is 16.3. The van der Waals surface area contributed by atoms with E-state index >= 15 is 0 Å². The van der Waals surface area contributed by atoms with Crippen molar-refractivity contribution in [3.05, 3.63) is 24.3 Å². The van der Waals surface area contributed by atoms with Crippen LogP contribution in [0.2, 0.25) is 0 Å². The molecule has 0 aromatic carbocycles. The maximum absolute atomic E-state index is 11.7. The third-order valence-corrected chi connectivity index (χ3v) is 4.83. The zero-order valence-corrected chi connectivity index (χ0v) is 13.3. The summed E-state index contributed by atoms with van der Waals surface area (Å²) >= 11 is 0. The Morgan fingerprint density at radius 1 is 0.857 bits per heavy atom. The Bertz CT molecular complexity index is 370. The molecule has 1 aliphatic heterocycles. The van der Waals surface area contributed by atoms with Crippen LogP contribution in [0.15, 0.2) is 24.3 Å². The third kappa shape index (κ3) is 5.33. The van der Waals surface area contributed by atoms with Gasteiger partial charge in [-0.05, 0) is 44.9 Å². The maximum atomic E-state index is 11.7. The molecular weight excluding hydrogens is 260 g/mol. The lowest BCUT2D eigenvalue weighted by molar-refractivity contribution is -0.139. The van der Waals surface area contributed by atoms with Gasteiger partial charge in [-0.15, -0.1) is 0 Å². The molecule has 0 bridgehead atoms. The molecule has 0 unspecified atom stereocenters. The molecule has 0 amide bonds. The number of carbonyl (C=O) groups excluding carboxylic acids is 1. The average molecular weight is 290 g/mol. The van der Waals surface area contributed by atoms with Crippen LogP contribution in [0.4, 0.5) is 0 Å². The number of fused-ring (bicyclic) bond motifs is 1. The first-order valence-corrected chi connectivity index (χ1v) is 8.84. The predicted molar refractivity (Wildman–Crippen MR) is 87.1 cm³/mol. The molecule has 2 atom stereocenters. The van der Waals surface area contributed by atoms with Crippen molar-refractivity contribution < 1.29 is 9.53 Å². The van der Waals surface area contributed by atoms with Gasteiger partial charge in [-0.25, -0.2) is 4.79 Å². The van der Waals surface area contributed by atoms with Crippen molar-refractivity contribution in [2.75, 3.05) is 0 Å². The molecule has 0 N–H and O–H groups in total. The van der Waals surface area contributed by atoms with Gasteiger partial charge in [0.2, 0.25) is 0 Å². The fourth-order valence-electron chi connectivity index (χ4n) is 3.47. The molecule has 2 rings (SSSR count). The Morgan fingerprint density at radius 2 is 1.43 bits per heavy atom.